The first-order valence-electron chi connectivity index (χ1n) is 6.39. The zero-order valence-corrected chi connectivity index (χ0v) is 11.7. The van der Waals surface area contributed by atoms with Gasteiger partial charge in [0, 0.05) is 19.3 Å². The largest absolute Gasteiger partial charge is 0.465 e. The van der Waals surface area contributed by atoms with E-state index in [4.69, 9.17) is 9.15 Å². The minimum absolute atomic E-state index is 0.175. The number of hydrogen-bond donors (Lipinski definition) is 0. The van der Waals surface area contributed by atoms with Gasteiger partial charge < -0.3 is 14.1 Å². The van der Waals surface area contributed by atoms with Gasteiger partial charge in [0.05, 0.1) is 18.3 Å². The Morgan fingerprint density at radius 3 is 2.90 bits per heavy atom. The molecule has 0 spiro atoms. The van der Waals surface area contributed by atoms with Crippen LogP contribution in [0.1, 0.15) is 36.1 Å². The Morgan fingerprint density at radius 1 is 1.45 bits per heavy atom. The predicted octanol–water partition coefficient (Wildman–Crippen LogP) is 2.30. The third-order valence-corrected chi connectivity index (χ3v) is 3.01. The molecule has 6 heteroatoms. The van der Waals surface area contributed by atoms with Gasteiger partial charge in [-0.3, -0.25) is 4.79 Å². The molecule has 2 aromatic rings. The Labute approximate surface area is 117 Å². The van der Waals surface area contributed by atoms with Gasteiger partial charge in [-0.05, 0) is 26.0 Å². The highest BCUT2D eigenvalue weighted by molar-refractivity contribution is 5.91. The number of nitrogens with zero attached hydrogens (tertiary/aromatic N) is 3. The molecule has 2 aromatic heterocycles. The molecule has 0 unspecified atom stereocenters. The van der Waals surface area contributed by atoms with Crippen LogP contribution in [0.3, 0.4) is 0 Å². The van der Waals surface area contributed by atoms with Crippen molar-refractivity contribution in [3.63, 3.8) is 0 Å². The second-order valence-corrected chi connectivity index (χ2v) is 4.28. The van der Waals surface area contributed by atoms with Gasteiger partial charge in [0.25, 0.3) is 11.9 Å². The topological polar surface area (TPSA) is 68.5 Å². The van der Waals surface area contributed by atoms with Gasteiger partial charge in [-0.1, -0.05) is 0 Å². The SMILES string of the molecule is CCOc1ccc(C(=O)N(C)[C@H](C)c2ccncn2)o1. The summed E-state index contributed by atoms with van der Waals surface area (Å²) in [6, 6.07) is 4.85. The third-order valence-electron chi connectivity index (χ3n) is 3.01. The lowest BCUT2D eigenvalue weighted by molar-refractivity contribution is 0.0699. The third kappa shape index (κ3) is 2.96. The minimum Gasteiger partial charge on any atom is -0.465 e. The zero-order chi connectivity index (χ0) is 14.5. The van der Waals surface area contributed by atoms with Crippen LogP contribution in [0.4, 0.5) is 0 Å². The van der Waals surface area contributed by atoms with Crippen LogP contribution in [0.25, 0.3) is 0 Å². The molecule has 0 aliphatic heterocycles. The Bertz CT molecular complexity index is 568. The van der Waals surface area contributed by atoms with Crippen molar-refractivity contribution in [2.45, 2.75) is 19.9 Å². The molecular weight excluding hydrogens is 258 g/mol. The van der Waals surface area contributed by atoms with Crippen LogP contribution < -0.4 is 4.74 Å². The van der Waals surface area contributed by atoms with E-state index in [0.717, 1.165) is 5.69 Å². The quantitative estimate of drug-likeness (QED) is 0.837. The summed E-state index contributed by atoms with van der Waals surface area (Å²) in [4.78, 5) is 21.9. The van der Waals surface area contributed by atoms with E-state index in [0.29, 0.717) is 12.6 Å². The zero-order valence-electron chi connectivity index (χ0n) is 11.7. The number of ether oxygens (including phenoxy) is 1. The molecular formula is C14H17N3O3. The van der Waals surface area contributed by atoms with Crippen LogP contribution in [-0.2, 0) is 0 Å². The number of carbonyl (C=O) groups is 1. The summed E-state index contributed by atoms with van der Waals surface area (Å²) in [5, 5.41) is 0. The second kappa shape index (κ2) is 6.18. The first-order chi connectivity index (χ1) is 9.63. The molecule has 0 aromatic carbocycles. The lowest BCUT2D eigenvalue weighted by Crippen LogP contribution is -2.29. The molecule has 0 aliphatic rings. The second-order valence-electron chi connectivity index (χ2n) is 4.28. The van der Waals surface area contributed by atoms with Gasteiger partial charge in [-0.25, -0.2) is 9.97 Å². The maximum atomic E-state index is 12.3. The fourth-order valence-electron chi connectivity index (χ4n) is 1.75. The van der Waals surface area contributed by atoms with Crippen LogP contribution in [0, 0.1) is 0 Å². The van der Waals surface area contributed by atoms with E-state index >= 15 is 0 Å². The molecule has 2 rings (SSSR count). The maximum absolute atomic E-state index is 12.3. The molecule has 0 saturated heterocycles. The van der Waals surface area contributed by atoms with Crippen molar-refractivity contribution < 1.29 is 13.9 Å². The van der Waals surface area contributed by atoms with E-state index < -0.39 is 0 Å². The average Bonchev–Trinajstić information content (AvgIpc) is 2.95. The number of hydrogen-bond acceptors (Lipinski definition) is 5. The molecule has 0 saturated carbocycles. The summed E-state index contributed by atoms with van der Waals surface area (Å²) in [5.41, 5.74) is 0.771. The highest BCUT2D eigenvalue weighted by Crippen LogP contribution is 2.21. The van der Waals surface area contributed by atoms with E-state index in [-0.39, 0.29) is 17.7 Å². The van der Waals surface area contributed by atoms with E-state index in [2.05, 4.69) is 9.97 Å². The van der Waals surface area contributed by atoms with Crippen LogP contribution in [-0.4, -0.2) is 34.4 Å². The molecule has 0 N–H and O–H groups in total. The molecule has 20 heavy (non-hydrogen) atoms. The lowest BCUT2D eigenvalue weighted by atomic mass is 10.2. The number of aromatic nitrogens is 2. The Morgan fingerprint density at radius 2 is 2.25 bits per heavy atom. The molecule has 2 heterocycles. The molecule has 1 amide bonds. The highest BCUT2D eigenvalue weighted by Gasteiger charge is 2.22. The van der Waals surface area contributed by atoms with Crippen LogP contribution in [0.2, 0.25) is 0 Å². The molecule has 0 radical (unpaired) electrons. The van der Waals surface area contributed by atoms with Crippen molar-refractivity contribution in [2.75, 3.05) is 13.7 Å². The van der Waals surface area contributed by atoms with Crippen LogP contribution in [0.5, 0.6) is 5.95 Å². The van der Waals surface area contributed by atoms with E-state index in [1.54, 1.807) is 36.3 Å². The number of furan rings is 1. The summed E-state index contributed by atoms with van der Waals surface area (Å²) in [6.07, 6.45) is 3.11. The van der Waals surface area contributed by atoms with Gasteiger partial charge in [0.15, 0.2) is 5.76 Å². The molecule has 0 aliphatic carbocycles. The standard InChI is InChI=1S/C14H17N3O3/c1-4-19-13-6-5-12(20-13)14(18)17(3)10(2)11-7-8-15-9-16-11/h5-10H,4H2,1-3H3/t10-/m1/s1. The molecule has 6 nitrogen and oxygen atoms in total. The van der Waals surface area contributed by atoms with Crippen molar-refractivity contribution >= 4 is 5.91 Å². The average molecular weight is 275 g/mol. The fourth-order valence-corrected chi connectivity index (χ4v) is 1.75. The van der Waals surface area contributed by atoms with E-state index in [9.17, 15) is 4.79 Å². The first-order valence-corrected chi connectivity index (χ1v) is 6.39. The summed E-state index contributed by atoms with van der Waals surface area (Å²) < 4.78 is 10.6. The smallest absolute Gasteiger partial charge is 0.290 e. The lowest BCUT2D eigenvalue weighted by Gasteiger charge is -2.23. The van der Waals surface area contributed by atoms with Crippen LogP contribution in [0.15, 0.2) is 35.1 Å². The van der Waals surface area contributed by atoms with Crippen molar-refractivity contribution in [3.8, 4) is 5.95 Å². The Hall–Kier alpha value is -2.37. The van der Waals surface area contributed by atoms with Crippen LogP contribution >= 0.6 is 0 Å². The monoisotopic (exact) mass is 275 g/mol. The summed E-state index contributed by atoms with van der Waals surface area (Å²) >= 11 is 0. The fraction of sp³-hybridized carbons (Fsp3) is 0.357. The highest BCUT2D eigenvalue weighted by atomic mass is 16.6. The summed E-state index contributed by atoms with van der Waals surface area (Å²) in [5.74, 6) is 0.373. The van der Waals surface area contributed by atoms with E-state index in [1.165, 1.54) is 6.33 Å². The van der Waals surface area contributed by atoms with Crippen molar-refractivity contribution in [1.29, 1.82) is 0 Å². The molecule has 1 atom stereocenters. The summed E-state index contributed by atoms with van der Waals surface area (Å²) in [6.45, 7) is 4.24. The van der Waals surface area contributed by atoms with Gasteiger partial charge in [0.2, 0.25) is 0 Å². The normalized spacial score (nSPS) is 11.9. The van der Waals surface area contributed by atoms with Crippen molar-refractivity contribution in [1.82, 2.24) is 14.9 Å². The number of rotatable bonds is 5. The Balaban J connectivity index is 2.11. The number of amides is 1. The maximum Gasteiger partial charge on any atom is 0.290 e. The Kier molecular flexibility index (Phi) is 4.34. The molecule has 106 valence electrons. The number of carbonyl (C=O) groups excluding carboxylic acids is 1. The van der Waals surface area contributed by atoms with E-state index in [1.807, 2.05) is 13.8 Å². The van der Waals surface area contributed by atoms with Crippen molar-refractivity contribution in [3.05, 3.63) is 42.2 Å². The first kappa shape index (κ1) is 14.0. The minimum atomic E-state index is -0.220. The molecule has 0 fully saturated rings. The summed E-state index contributed by atoms with van der Waals surface area (Å²) in [7, 11) is 1.71. The molecule has 0 bridgehead atoms. The van der Waals surface area contributed by atoms with Gasteiger partial charge in [0.1, 0.15) is 6.33 Å². The van der Waals surface area contributed by atoms with Gasteiger partial charge >= 0.3 is 0 Å². The van der Waals surface area contributed by atoms with Gasteiger partial charge in [-0.15, -0.1) is 0 Å². The van der Waals surface area contributed by atoms with Gasteiger partial charge in [-0.2, -0.15) is 0 Å². The predicted molar refractivity (Wildman–Crippen MR) is 72.4 cm³/mol. The van der Waals surface area contributed by atoms with Crippen molar-refractivity contribution in [2.24, 2.45) is 0 Å².